The van der Waals surface area contributed by atoms with Crippen molar-refractivity contribution in [2.24, 2.45) is 5.14 Å². The molecule has 0 radical (unpaired) electrons. The summed E-state index contributed by atoms with van der Waals surface area (Å²) in [4.78, 5) is -0.378. The quantitative estimate of drug-likeness (QED) is 0.828. The van der Waals surface area contributed by atoms with Gasteiger partial charge < -0.3 is 4.74 Å². The van der Waals surface area contributed by atoms with Crippen molar-refractivity contribution in [3.63, 3.8) is 0 Å². The summed E-state index contributed by atoms with van der Waals surface area (Å²) in [5, 5.41) is 4.31. The molecule has 0 fully saturated rings. The number of rotatable bonds is 6. The van der Waals surface area contributed by atoms with Gasteiger partial charge in [0.05, 0.1) is 15.9 Å². The Kier molecular flexibility index (Phi) is 5.11. The van der Waals surface area contributed by atoms with Gasteiger partial charge in [0.1, 0.15) is 6.61 Å². The molecule has 0 heterocycles. The molecular formula is C11H16FNO5S2. The summed E-state index contributed by atoms with van der Waals surface area (Å²) in [6.45, 7) is 2.86. The van der Waals surface area contributed by atoms with Crippen molar-refractivity contribution in [2.75, 3.05) is 12.4 Å². The number of primary sulfonamides is 1. The van der Waals surface area contributed by atoms with Crippen LogP contribution in [0, 0.1) is 5.82 Å². The Balaban J connectivity index is 2.76. The van der Waals surface area contributed by atoms with E-state index in [4.69, 9.17) is 9.88 Å². The second kappa shape index (κ2) is 6.06. The number of sulfone groups is 1. The van der Waals surface area contributed by atoms with Crippen molar-refractivity contribution in [1.82, 2.24) is 0 Å². The summed E-state index contributed by atoms with van der Waals surface area (Å²) >= 11 is 0. The van der Waals surface area contributed by atoms with E-state index in [1.807, 2.05) is 0 Å². The fourth-order valence-corrected chi connectivity index (χ4v) is 2.59. The summed E-state index contributed by atoms with van der Waals surface area (Å²) in [6.07, 6.45) is 0. The average Bonchev–Trinajstić information content (AvgIpc) is 2.29. The van der Waals surface area contributed by atoms with Crippen LogP contribution in [0.1, 0.15) is 13.8 Å². The second-order valence-electron chi connectivity index (χ2n) is 4.40. The minimum absolute atomic E-state index is 0.216. The SMILES string of the molecule is CC(C)S(=O)(=O)CCOc1ccc(S(N)(=O)=O)cc1F. The van der Waals surface area contributed by atoms with E-state index in [-0.39, 0.29) is 23.0 Å². The monoisotopic (exact) mass is 325 g/mol. The van der Waals surface area contributed by atoms with E-state index in [1.165, 1.54) is 13.8 Å². The van der Waals surface area contributed by atoms with Gasteiger partial charge in [-0.15, -0.1) is 0 Å². The Morgan fingerprint density at radius 3 is 2.30 bits per heavy atom. The molecule has 2 N–H and O–H groups in total. The van der Waals surface area contributed by atoms with Crippen molar-refractivity contribution in [3.8, 4) is 5.75 Å². The second-order valence-corrected chi connectivity index (χ2v) is 8.64. The van der Waals surface area contributed by atoms with Gasteiger partial charge >= 0.3 is 0 Å². The average molecular weight is 325 g/mol. The molecule has 0 aliphatic rings. The first-order chi connectivity index (χ1) is 9.04. The smallest absolute Gasteiger partial charge is 0.238 e. The van der Waals surface area contributed by atoms with Crippen molar-refractivity contribution in [2.45, 2.75) is 24.0 Å². The van der Waals surface area contributed by atoms with Gasteiger partial charge in [0.15, 0.2) is 21.4 Å². The lowest BCUT2D eigenvalue weighted by Gasteiger charge is -2.10. The van der Waals surface area contributed by atoms with Gasteiger partial charge in [0, 0.05) is 0 Å². The zero-order valence-corrected chi connectivity index (χ0v) is 12.7. The van der Waals surface area contributed by atoms with Crippen LogP contribution < -0.4 is 9.88 Å². The molecule has 114 valence electrons. The van der Waals surface area contributed by atoms with Gasteiger partial charge in [-0.3, -0.25) is 0 Å². The van der Waals surface area contributed by atoms with Crippen LogP contribution in [-0.2, 0) is 19.9 Å². The molecular weight excluding hydrogens is 309 g/mol. The number of hydrogen-bond donors (Lipinski definition) is 1. The van der Waals surface area contributed by atoms with E-state index < -0.39 is 30.9 Å². The Bertz CT molecular complexity index is 683. The van der Waals surface area contributed by atoms with Crippen LogP contribution in [0.15, 0.2) is 23.1 Å². The van der Waals surface area contributed by atoms with Crippen molar-refractivity contribution >= 4 is 19.9 Å². The van der Waals surface area contributed by atoms with Crippen molar-refractivity contribution in [3.05, 3.63) is 24.0 Å². The van der Waals surface area contributed by atoms with Crippen LogP contribution in [0.3, 0.4) is 0 Å². The van der Waals surface area contributed by atoms with Gasteiger partial charge in [-0.1, -0.05) is 0 Å². The Labute approximate surface area is 117 Å². The maximum Gasteiger partial charge on any atom is 0.238 e. The van der Waals surface area contributed by atoms with Crippen LogP contribution in [0.2, 0.25) is 0 Å². The third-order valence-corrected chi connectivity index (χ3v) is 5.66. The number of halogens is 1. The predicted molar refractivity (Wildman–Crippen MR) is 72.2 cm³/mol. The first-order valence-corrected chi connectivity index (χ1v) is 8.97. The topological polar surface area (TPSA) is 104 Å². The fraction of sp³-hybridized carbons (Fsp3) is 0.455. The van der Waals surface area contributed by atoms with E-state index in [9.17, 15) is 21.2 Å². The van der Waals surface area contributed by atoms with E-state index in [0.29, 0.717) is 0 Å². The number of hydrogen-bond acceptors (Lipinski definition) is 5. The zero-order chi connectivity index (χ0) is 15.6. The Morgan fingerprint density at radius 1 is 1.25 bits per heavy atom. The summed E-state index contributed by atoms with van der Waals surface area (Å²) in [5.74, 6) is -1.39. The first-order valence-electron chi connectivity index (χ1n) is 5.71. The molecule has 0 aliphatic carbocycles. The summed E-state index contributed by atoms with van der Waals surface area (Å²) < 4.78 is 63.6. The molecule has 0 saturated carbocycles. The van der Waals surface area contributed by atoms with Gasteiger partial charge in [0.25, 0.3) is 0 Å². The molecule has 9 heteroatoms. The lowest BCUT2D eigenvalue weighted by molar-refractivity contribution is 0.321. The summed E-state index contributed by atoms with van der Waals surface area (Å²) in [7, 11) is -7.26. The minimum atomic E-state index is -3.99. The van der Waals surface area contributed by atoms with Crippen LogP contribution in [0.25, 0.3) is 0 Å². The Hall–Kier alpha value is -1.19. The molecule has 1 aromatic carbocycles. The lowest BCUT2D eigenvalue weighted by Crippen LogP contribution is -2.22. The van der Waals surface area contributed by atoms with Crippen LogP contribution in [-0.4, -0.2) is 34.4 Å². The van der Waals surface area contributed by atoms with Gasteiger partial charge in [-0.25, -0.2) is 26.4 Å². The molecule has 6 nitrogen and oxygen atoms in total. The minimum Gasteiger partial charge on any atom is -0.489 e. The van der Waals surface area contributed by atoms with Gasteiger partial charge in [0.2, 0.25) is 10.0 Å². The van der Waals surface area contributed by atoms with E-state index >= 15 is 0 Å². The van der Waals surface area contributed by atoms with Crippen LogP contribution >= 0.6 is 0 Å². The number of benzene rings is 1. The summed E-state index contributed by atoms with van der Waals surface area (Å²) in [6, 6.07) is 2.91. The maximum absolute atomic E-state index is 13.6. The highest BCUT2D eigenvalue weighted by Gasteiger charge is 2.17. The Morgan fingerprint density at radius 2 is 1.85 bits per heavy atom. The van der Waals surface area contributed by atoms with Gasteiger partial charge in [-0.2, -0.15) is 0 Å². The van der Waals surface area contributed by atoms with Gasteiger partial charge in [-0.05, 0) is 32.0 Å². The molecule has 0 atom stereocenters. The van der Waals surface area contributed by atoms with E-state index in [0.717, 1.165) is 18.2 Å². The molecule has 1 aromatic rings. The highest BCUT2D eigenvalue weighted by Crippen LogP contribution is 2.20. The standard InChI is InChI=1S/C11H16FNO5S2/c1-8(2)19(14,15)6-5-18-11-4-3-9(7-10(11)12)20(13,16)17/h3-4,7-8H,5-6H2,1-2H3,(H2,13,16,17). The molecule has 20 heavy (non-hydrogen) atoms. The molecule has 0 unspecified atom stereocenters. The third kappa shape index (κ3) is 4.43. The number of nitrogens with two attached hydrogens (primary N) is 1. The van der Waals surface area contributed by atoms with Crippen molar-refractivity contribution < 1.29 is 26.0 Å². The maximum atomic E-state index is 13.6. The number of ether oxygens (including phenoxy) is 1. The third-order valence-electron chi connectivity index (χ3n) is 2.58. The van der Waals surface area contributed by atoms with Crippen LogP contribution in [0.4, 0.5) is 4.39 Å². The molecule has 0 spiro atoms. The molecule has 0 bridgehead atoms. The zero-order valence-electron chi connectivity index (χ0n) is 11.0. The largest absolute Gasteiger partial charge is 0.489 e. The molecule has 0 aliphatic heterocycles. The van der Waals surface area contributed by atoms with Crippen molar-refractivity contribution in [1.29, 1.82) is 0 Å². The molecule has 0 amide bonds. The molecule has 1 rings (SSSR count). The van der Waals surface area contributed by atoms with E-state index in [2.05, 4.69) is 0 Å². The number of sulfonamides is 1. The normalized spacial score (nSPS) is 12.7. The summed E-state index contributed by atoms with van der Waals surface area (Å²) in [5.41, 5.74) is 0. The molecule has 0 aromatic heterocycles. The van der Waals surface area contributed by atoms with E-state index in [1.54, 1.807) is 0 Å². The predicted octanol–water partition coefficient (Wildman–Crippen LogP) is 0.675. The fourth-order valence-electron chi connectivity index (χ4n) is 1.28. The first kappa shape index (κ1) is 16.9. The van der Waals surface area contributed by atoms with Crippen LogP contribution in [0.5, 0.6) is 5.75 Å². The lowest BCUT2D eigenvalue weighted by atomic mass is 10.3. The molecule has 0 saturated heterocycles. The highest BCUT2D eigenvalue weighted by molar-refractivity contribution is 7.92. The highest BCUT2D eigenvalue weighted by atomic mass is 32.2.